The summed E-state index contributed by atoms with van der Waals surface area (Å²) in [7, 11) is 1.84. The van der Waals surface area contributed by atoms with Crippen molar-refractivity contribution in [2.45, 2.75) is 26.3 Å². The Morgan fingerprint density at radius 2 is 2.00 bits per heavy atom. The van der Waals surface area contributed by atoms with Crippen LogP contribution in [0, 0.1) is 5.92 Å². The molecule has 1 saturated heterocycles. The summed E-state index contributed by atoms with van der Waals surface area (Å²) in [6.07, 6.45) is 1.11. The number of likely N-dealkylation sites (N-methyl/N-ethyl adjacent to an activating group) is 1. The van der Waals surface area contributed by atoms with E-state index in [0.29, 0.717) is 12.5 Å². The third-order valence-corrected chi connectivity index (χ3v) is 3.24. The zero-order chi connectivity index (χ0) is 12.4. The molecule has 3 heteroatoms. The Morgan fingerprint density at radius 1 is 1.35 bits per heavy atom. The number of rotatable bonds is 3. The molecule has 2 rings (SSSR count). The van der Waals surface area contributed by atoms with Gasteiger partial charge in [0.05, 0.1) is 6.04 Å². The number of carbonyl (C=O) groups excluding carboxylic acids is 1. The molecule has 1 fully saturated rings. The van der Waals surface area contributed by atoms with Crippen molar-refractivity contribution in [3.8, 4) is 0 Å². The molecule has 1 atom stereocenters. The highest BCUT2D eigenvalue weighted by Gasteiger charge is 2.28. The maximum absolute atomic E-state index is 11.4. The van der Waals surface area contributed by atoms with Gasteiger partial charge in [-0.25, -0.2) is 4.79 Å². The average molecular weight is 232 g/mol. The number of benzene rings is 1. The van der Waals surface area contributed by atoms with E-state index < -0.39 is 0 Å². The van der Waals surface area contributed by atoms with E-state index in [9.17, 15) is 4.79 Å². The topological polar surface area (TPSA) is 32.3 Å². The van der Waals surface area contributed by atoms with Crippen LogP contribution in [0.25, 0.3) is 0 Å². The second-order valence-corrected chi connectivity index (χ2v) is 5.15. The Kier molecular flexibility index (Phi) is 3.36. The largest absolute Gasteiger partial charge is 0.336 e. The second-order valence-electron chi connectivity index (χ2n) is 5.15. The lowest BCUT2D eigenvalue weighted by molar-refractivity contribution is 0.217. The van der Waals surface area contributed by atoms with Crippen molar-refractivity contribution in [1.29, 1.82) is 0 Å². The molecule has 1 N–H and O–H groups in total. The molecule has 0 radical (unpaired) electrons. The van der Waals surface area contributed by atoms with Crippen LogP contribution in [0.15, 0.2) is 24.3 Å². The molecule has 0 aliphatic carbocycles. The van der Waals surface area contributed by atoms with Crippen molar-refractivity contribution in [2.24, 2.45) is 5.92 Å². The quantitative estimate of drug-likeness (QED) is 0.853. The molecule has 0 aromatic heterocycles. The van der Waals surface area contributed by atoms with E-state index in [1.54, 1.807) is 4.90 Å². The lowest BCUT2D eigenvalue weighted by Crippen LogP contribution is -2.25. The molecule has 1 aliphatic heterocycles. The van der Waals surface area contributed by atoms with Crippen molar-refractivity contribution in [3.05, 3.63) is 35.4 Å². The van der Waals surface area contributed by atoms with E-state index in [-0.39, 0.29) is 12.1 Å². The van der Waals surface area contributed by atoms with Gasteiger partial charge in [0.15, 0.2) is 0 Å². The van der Waals surface area contributed by atoms with Gasteiger partial charge in [-0.1, -0.05) is 38.1 Å². The number of nitrogens with zero attached hydrogens (tertiary/aromatic N) is 1. The first-order valence-corrected chi connectivity index (χ1v) is 6.17. The fourth-order valence-corrected chi connectivity index (χ4v) is 2.28. The van der Waals surface area contributed by atoms with Crippen molar-refractivity contribution in [3.63, 3.8) is 0 Å². The van der Waals surface area contributed by atoms with Crippen LogP contribution in [-0.4, -0.2) is 24.5 Å². The summed E-state index contributed by atoms with van der Waals surface area (Å²) in [5.41, 5.74) is 2.57. The average Bonchev–Trinajstić information content (AvgIpc) is 2.60. The van der Waals surface area contributed by atoms with Crippen LogP contribution in [0.5, 0.6) is 0 Å². The SMILES string of the molecule is CC(C)Cc1ccc(C2CNC(=O)N2C)cc1. The lowest BCUT2D eigenvalue weighted by atomic mass is 9.99. The summed E-state index contributed by atoms with van der Waals surface area (Å²) < 4.78 is 0. The van der Waals surface area contributed by atoms with Gasteiger partial charge in [-0.3, -0.25) is 0 Å². The van der Waals surface area contributed by atoms with Crippen LogP contribution in [0.3, 0.4) is 0 Å². The van der Waals surface area contributed by atoms with Gasteiger partial charge in [0.25, 0.3) is 0 Å². The van der Waals surface area contributed by atoms with Gasteiger partial charge in [0, 0.05) is 13.6 Å². The van der Waals surface area contributed by atoms with Gasteiger partial charge in [-0.15, -0.1) is 0 Å². The first-order chi connectivity index (χ1) is 8.08. The second kappa shape index (κ2) is 4.78. The first kappa shape index (κ1) is 12.0. The summed E-state index contributed by atoms with van der Waals surface area (Å²) in [6, 6.07) is 8.81. The van der Waals surface area contributed by atoms with Crippen LogP contribution in [-0.2, 0) is 6.42 Å². The molecule has 1 aliphatic rings. The van der Waals surface area contributed by atoms with E-state index in [1.807, 2.05) is 7.05 Å². The van der Waals surface area contributed by atoms with E-state index in [2.05, 4.69) is 43.4 Å². The summed E-state index contributed by atoms with van der Waals surface area (Å²) in [5, 5.41) is 2.85. The predicted octanol–water partition coefficient (Wildman–Crippen LogP) is 2.58. The van der Waals surface area contributed by atoms with Crippen LogP contribution in [0.1, 0.15) is 31.0 Å². The van der Waals surface area contributed by atoms with E-state index in [1.165, 1.54) is 11.1 Å². The molecule has 0 spiro atoms. The monoisotopic (exact) mass is 232 g/mol. The maximum atomic E-state index is 11.4. The maximum Gasteiger partial charge on any atom is 0.317 e. The molecule has 0 saturated carbocycles. The fourth-order valence-electron chi connectivity index (χ4n) is 2.28. The summed E-state index contributed by atoms with van der Waals surface area (Å²) in [5.74, 6) is 0.679. The van der Waals surface area contributed by atoms with Crippen LogP contribution in [0.4, 0.5) is 4.79 Å². The molecule has 1 aromatic carbocycles. The highest BCUT2D eigenvalue weighted by Crippen LogP contribution is 2.23. The van der Waals surface area contributed by atoms with Crippen molar-refractivity contribution >= 4 is 6.03 Å². The summed E-state index contributed by atoms with van der Waals surface area (Å²) >= 11 is 0. The minimum Gasteiger partial charge on any atom is -0.336 e. The smallest absolute Gasteiger partial charge is 0.317 e. The molecule has 0 bridgehead atoms. The Balaban J connectivity index is 2.10. The van der Waals surface area contributed by atoms with Gasteiger partial charge in [-0.2, -0.15) is 0 Å². The Bertz CT molecular complexity index is 397. The molecular weight excluding hydrogens is 212 g/mol. The van der Waals surface area contributed by atoms with Crippen LogP contribution < -0.4 is 5.32 Å². The van der Waals surface area contributed by atoms with Gasteiger partial charge < -0.3 is 10.2 Å². The number of amides is 2. The number of hydrogen-bond acceptors (Lipinski definition) is 1. The summed E-state index contributed by atoms with van der Waals surface area (Å²) in [4.78, 5) is 13.1. The van der Waals surface area contributed by atoms with Crippen LogP contribution >= 0.6 is 0 Å². The zero-order valence-corrected chi connectivity index (χ0v) is 10.7. The normalized spacial score (nSPS) is 19.9. The van der Waals surface area contributed by atoms with E-state index >= 15 is 0 Å². The predicted molar refractivity (Wildman–Crippen MR) is 68.9 cm³/mol. The van der Waals surface area contributed by atoms with Gasteiger partial charge in [0.1, 0.15) is 0 Å². The molecule has 3 nitrogen and oxygen atoms in total. The summed E-state index contributed by atoms with van der Waals surface area (Å²) in [6.45, 7) is 5.15. The zero-order valence-electron chi connectivity index (χ0n) is 10.7. The molecule has 1 unspecified atom stereocenters. The third-order valence-electron chi connectivity index (χ3n) is 3.24. The van der Waals surface area contributed by atoms with Crippen molar-refractivity contribution < 1.29 is 4.79 Å². The number of hydrogen-bond donors (Lipinski definition) is 1. The third kappa shape index (κ3) is 2.60. The highest BCUT2D eigenvalue weighted by atomic mass is 16.2. The highest BCUT2D eigenvalue weighted by molar-refractivity contribution is 5.76. The number of urea groups is 1. The fraction of sp³-hybridized carbons (Fsp3) is 0.500. The first-order valence-electron chi connectivity index (χ1n) is 6.17. The Morgan fingerprint density at radius 3 is 2.47 bits per heavy atom. The van der Waals surface area contributed by atoms with E-state index in [4.69, 9.17) is 0 Å². The molecule has 92 valence electrons. The number of nitrogens with one attached hydrogen (secondary N) is 1. The Labute approximate surface area is 103 Å². The molecule has 1 heterocycles. The standard InChI is InChI=1S/C14H20N2O/c1-10(2)8-11-4-6-12(7-5-11)13-9-15-14(17)16(13)3/h4-7,10,13H,8-9H2,1-3H3,(H,15,17). The van der Waals surface area contributed by atoms with Gasteiger partial charge in [0.2, 0.25) is 0 Å². The Hall–Kier alpha value is -1.51. The van der Waals surface area contributed by atoms with Crippen molar-refractivity contribution in [2.75, 3.05) is 13.6 Å². The molecular formula is C14H20N2O. The minimum absolute atomic E-state index is 0.0151. The lowest BCUT2D eigenvalue weighted by Gasteiger charge is -2.18. The van der Waals surface area contributed by atoms with Crippen molar-refractivity contribution in [1.82, 2.24) is 10.2 Å². The van der Waals surface area contributed by atoms with Gasteiger partial charge >= 0.3 is 6.03 Å². The minimum atomic E-state index is 0.0151. The molecule has 1 aromatic rings. The molecule has 2 amide bonds. The van der Waals surface area contributed by atoms with Gasteiger partial charge in [-0.05, 0) is 23.5 Å². The number of carbonyl (C=O) groups is 1. The molecule has 17 heavy (non-hydrogen) atoms. The van der Waals surface area contributed by atoms with E-state index in [0.717, 1.165) is 6.42 Å². The van der Waals surface area contributed by atoms with Crippen LogP contribution in [0.2, 0.25) is 0 Å².